The summed E-state index contributed by atoms with van der Waals surface area (Å²) in [7, 11) is 0. The van der Waals surface area contributed by atoms with E-state index in [2.05, 4.69) is 56.0 Å². The molecule has 0 bridgehead atoms. The molecule has 2 atom stereocenters. The van der Waals surface area contributed by atoms with Crippen LogP contribution >= 0.6 is 0 Å². The summed E-state index contributed by atoms with van der Waals surface area (Å²) in [5.74, 6) is 0.962. The lowest BCUT2D eigenvalue weighted by molar-refractivity contribution is -0.138. The number of carbonyl (C=O) groups is 1. The van der Waals surface area contributed by atoms with E-state index in [9.17, 15) is 4.79 Å². The summed E-state index contributed by atoms with van der Waals surface area (Å²) < 4.78 is 5.85. The molecule has 0 aromatic heterocycles. The average Bonchev–Trinajstić information content (AvgIpc) is 3.40. The Morgan fingerprint density at radius 3 is 2.48 bits per heavy atom. The molecular formula is C22H33NO2. The van der Waals surface area contributed by atoms with Crippen LogP contribution in [0.15, 0.2) is 30.3 Å². The Balaban J connectivity index is 1.73. The molecule has 0 N–H and O–H groups in total. The zero-order chi connectivity index (χ0) is 18.1. The Labute approximate surface area is 152 Å². The van der Waals surface area contributed by atoms with Crippen LogP contribution in [0.4, 0.5) is 0 Å². The van der Waals surface area contributed by atoms with Crippen LogP contribution in [0.3, 0.4) is 0 Å². The van der Waals surface area contributed by atoms with E-state index in [-0.39, 0.29) is 16.9 Å². The van der Waals surface area contributed by atoms with Crippen molar-refractivity contribution in [2.75, 3.05) is 13.2 Å². The first-order valence-electron chi connectivity index (χ1n) is 9.78. The molecule has 1 saturated carbocycles. The molecule has 1 heterocycles. The van der Waals surface area contributed by atoms with E-state index in [1.54, 1.807) is 6.92 Å². The Morgan fingerprint density at radius 1 is 1.24 bits per heavy atom. The maximum absolute atomic E-state index is 12.4. The third-order valence-electron chi connectivity index (χ3n) is 6.30. The van der Waals surface area contributed by atoms with Crippen LogP contribution in [0.1, 0.15) is 65.4 Å². The monoisotopic (exact) mass is 343 g/mol. The van der Waals surface area contributed by atoms with E-state index in [1.165, 1.54) is 18.4 Å². The third kappa shape index (κ3) is 4.25. The van der Waals surface area contributed by atoms with Crippen molar-refractivity contribution in [1.29, 1.82) is 0 Å². The van der Waals surface area contributed by atoms with E-state index in [4.69, 9.17) is 4.74 Å². The molecule has 1 saturated heterocycles. The van der Waals surface area contributed by atoms with Gasteiger partial charge in [0, 0.05) is 26.1 Å². The van der Waals surface area contributed by atoms with Gasteiger partial charge in [0.25, 0.3) is 0 Å². The highest BCUT2D eigenvalue weighted by molar-refractivity contribution is 5.73. The fourth-order valence-corrected chi connectivity index (χ4v) is 4.54. The van der Waals surface area contributed by atoms with Gasteiger partial charge in [-0.25, -0.2) is 0 Å². The highest BCUT2D eigenvalue weighted by Gasteiger charge is 2.43. The first-order valence-corrected chi connectivity index (χ1v) is 9.78. The Kier molecular flexibility index (Phi) is 5.24. The van der Waals surface area contributed by atoms with Gasteiger partial charge in [-0.2, -0.15) is 0 Å². The molecule has 1 aromatic carbocycles. The van der Waals surface area contributed by atoms with Gasteiger partial charge in [-0.1, -0.05) is 37.3 Å². The third-order valence-corrected chi connectivity index (χ3v) is 6.30. The number of hydrogen-bond acceptors (Lipinski definition) is 2. The van der Waals surface area contributed by atoms with E-state index in [0.29, 0.717) is 6.04 Å². The van der Waals surface area contributed by atoms with E-state index < -0.39 is 0 Å². The van der Waals surface area contributed by atoms with Crippen molar-refractivity contribution >= 4 is 5.91 Å². The minimum atomic E-state index is -0.129. The van der Waals surface area contributed by atoms with Gasteiger partial charge in [-0.3, -0.25) is 4.79 Å². The van der Waals surface area contributed by atoms with Gasteiger partial charge in [0.15, 0.2) is 0 Å². The molecule has 0 radical (unpaired) electrons. The minimum Gasteiger partial charge on any atom is -0.375 e. The highest BCUT2D eigenvalue weighted by atomic mass is 16.5. The SMILES string of the molecule is CC(=O)N(CC[C@@](C)(c1ccccc1)C1CC1)[C@@H]1CCOC(C)(C)C1. The number of carbonyl (C=O) groups excluding carboxylic acids is 1. The topological polar surface area (TPSA) is 29.5 Å². The summed E-state index contributed by atoms with van der Waals surface area (Å²) in [6, 6.07) is 11.2. The number of rotatable bonds is 6. The molecule has 138 valence electrons. The van der Waals surface area contributed by atoms with Crippen molar-refractivity contribution in [3.63, 3.8) is 0 Å². The van der Waals surface area contributed by atoms with E-state index >= 15 is 0 Å². The lowest BCUT2D eigenvalue weighted by atomic mass is 9.75. The lowest BCUT2D eigenvalue weighted by Crippen LogP contribution is -2.49. The summed E-state index contributed by atoms with van der Waals surface area (Å²) in [5.41, 5.74) is 1.47. The largest absolute Gasteiger partial charge is 0.375 e. The van der Waals surface area contributed by atoms with Crippen LogP contribution in [0.2, 0.25) is 0 Å². The van der Waals surface area contributed by atoms with Crippen molar-refractivity contribution < 1.29 is 9.53 Å². The van der Waals surface area contributed by atoms with Gasteiger partial charge >= 0.3 is 0 Å². The normalized spacial score (nSPS) is 25.2. The zero-order valence-corrected chi connectivity index (χ0v) is 16.3. The van der Waals surface area contributed by atoms with Gasteiger partial charge in [0.1, 0.15) is 0 Å². The highest BCUT2D eigenvalue weighted by Crippen LogP contribution is 2.49. The summed E-state index contributed by atoms with van der Waals surface area (Å²) >= 11 is 0. The molecule has 1 aliphatic carbocycles. The summed E-state index contributed by atoms with van der Waals surface area (Å²) in [4.78, 5) is 14.5. The average molecular weight is 344 g/mol. The molecule has 0 unspecified atom stereocenters. The van der Waals surface area contributed by atoms with Gasteiger partial charge < -0.3 is 9.64 Å². The van der Waals surface area contributed by atoms with Crippen molar-refractivity contribution in [3.05, 3.63) is 35.9 Å². The maximum atomic E-state index is 12.4. The molecule has 1 aromatic rings. The first-order chi connectivity index (χ1) is 11.8. The summed E-state index contributed by atoms with van der Waals surface area (Å²) in [6.07, 6.45) is 5.55. The molecular weight excluding hydrogens is 310 g/mol. The van der Waals surface area contributed by atoms with Gasteiger partial charge in [0.05, 0.1) is 5.60 Å². The first kappa shape index (κ1) is 18.4. The molecule has 3 nitrogen and oxygen atoms in total. The molecule has 2 aliphatic rings. The maximum Gasteiger partial charge on any atom is 0.219 e. The van der Waals surface area contributed by atoms with Crippen LogP contribution in [-0.4, -0.2) is 35.6 Å². The predicted octanol–water partition coefficient (Wildman–Crippen LogP) is 4.55. The summed E-state index contributed by atoms with van der Waals surface area (Å²) in [5, 5.41) is 0. The van der Waals surface area contributed by atoms with Gasteiger partial charge in [-0.15, -0.1) is 0 Å². The number of benzene rings is 1. The molecule has 1 aliphatic heterocycles. The van der Waals surface area contributed by atoms with Crippen LogP contribution < -0.4 is 0 Å². The molecule has 25 heavy (non-hydrogen) atoms. The zero-order valence-electron chi connectivity index (χ0n) is 16.3. The Bertz CT molecular complexity index is 593. The Hall–Kier alpha value is -1.35. The van der Waals surface area contributed by atoms with Gasteiger partial charge in [-0.05, 0) is 62.8 Å². The number of nitrogens with zero attached hydrogens (tertiary/aromatic N) is 1. The van der Waals surface area contributed by atoms with Crippen LogP contribution in [0.25, 0.3) is 0 Å². The summed E-state index contributed by atoms with van der Waals surface area (Å²) in [6.45, 7) is 9.98. The van der Waals surface area contributed by atoms with Crippen LogP contribution in [0.5, 0.6) is 0 Å². The Morgan fingerprint density at radius 2 is 1.92 bits per heavy atom. The quantitative estimate of drug-likeness (QED) is 0.758. The van der Waals surface area contributed by atoms with Gasteiger partial charge in [0.2, 0.25) is 5.91 Å². The molecule has 1 amide bonds. The van der Waals surface area contributed by atoms with E-state index in [0.717, 1.165) is 38.3 Å². The minimum absolute atomic E-state index is 0.129. The second-order valence-electron chi connectivity index (χ2n) is 8.77. The number of amides is 1. The lowest BCUT2D eigenvalue weighted by Gasteiger charge is -2.42. The molecule has 2 fully saturated rings. The smallest absolute Gasteiger partial charge is 0.219 e. The number of ether oxygens (including phenoxy) is 1. The van der Waals surface area contributed by atoms with Crippen molar-refractivity contribution in [2.45, 2.75) is 76.9 Å². The van der Waals surface area contributed by atoms with E-state index in [1.807, 2.05) is 0 Å². The fraction of sp³-hybridized carbons (Fsp3) is 0.682. The van der Waals surface area contributed by atoms with Crippen molar-refractivity contribution in [3.8, 4) is 0 Å². The van der Waals surface area contributed by atoms with Crippen molar-refractivity contribution in [2.24, 2.45) is 5.92 Å². The second kappa shape index (κ2) is 7.11. The number of hydrogen-bond donors (Lipinski definition) is 0. The molecule has 3 heteroatoms. The second-order valence-corrected chi connectivity index (χ2v) is 8.77. The molecule has 3 rings (SSSR count). The van der Waals surface area contributed by atoms with Crippen LogP contribution in [-0.2, 0) is 14.9 Å². The predicted molar refractivity (Wildman–Crippen MR) is 102 cm³/mol. The van der Waals surface area contributed by atoms with Crippen LogP contribution in [0, 0.1) is 5.92 Å². The fourth-order valence-electron chi connectivity index (χ4n) is 4.54. The molecule has 0 spiro atoms. The van der Waals surface area contributed by atoms with Crippen molar-refractivity contribution in [1.82, 2.24) is 4.90 Å². The standard InChI is InChI=1S/C22H33NO2/c1-17(24)23(20-12-15-25-21(2,3)16-20)14-13-22(4,19-10-11-19)18-8-6-5-7-9-18/h5-9,19-20H,10-16H2,1-4H3/t20-,22+/m1/s1.